The van der Waals surface area contributed by atoms with Crippen molar-refractivity contribution in [3.05, 3.63) is 0 Å². The molecule has 0 rings (SSSR count). The van der Waals surface area contributed by atoms with E-state index in [0.29, 0.717) is 15.8 Å². The molecule has 1 atom stereocenters. The number of hydrogen-bond acceptors (Lipinski definition) is 0. The Bertz CT molecular complexity index is 27.3. The molecule has 0 saturated heterocycles. The van der Waals surface area contributed by atoms with Crippen molar-refractivity contribution < 1.29 is 0 Å². The van der Waals surface area contributed by atoms with Gasteiger partial charge in [0.25, 0.3) is 0 Å². The van der Waals surface area contributed by atoms with Crippen molar-refractivity contribution in [2.24, 2.45) is 0 Å². The fraction of sp³-hybridized carbons (Fsp3) is 1.00. The summed E-state index contributed by atoms with van der Waals surface area (Å²) >= 11 is 5.85. The van der Waals surface area contributed by atoms with Gasteiger partial charge in [-0.05, 0) is 0 Å². The first kappa shape index (κ1) is 7.85. The van der Waals surface area contributed by atoms with Crippen LogP contribution in [0.2, 0.25) is 10.4 Å². The third-order valence-electron chi connectivity index (χ3n) is 0.698. The average Bonchev–Trinajstić information content (AvgIpc) is 1.69. The molecule has 0 aliphatic rings. The van der Waals surface area contributed by atoms with E-state index in [0.717, 1.165) is 5.88 Å². The van der Waals surface area contributed by atoms with Crippen molar-refractivity contribution in [3.63, 3.8) is 0 Å². The molecule has 0 nitrogen and oxygen atoms in total. The molecular formula is C5H12AsCl. The molecule has 0 spiro atoms. The maximum atomic E-state index is 5.47. The van der Waals surface area contributed by atoms with E-state index in [1.807, 2.05) is 0 Å². The molecule has 0 bridgehead atoms. The number of halogens is 1. The van der Waals surface area contributed by atoms with Crippen LogP contribution in [0.25, 0.3) is 0 Å². The van der Waals surface area contributed by atoms with Gasteiger partial charge in [0.05, 0.1) is 0 Å². The molecule has 0 N–H and O–H groups in total. The Balaban J connectivity index is 2.45. The molecule has 0 aromatic rings. The topological polar surface area (TPSA) is 0 Å². The Labute approximate surface area is 57.3 Å². The summed E-state index contributed by atoms with van der Waals surface area (Å²) in [6, 6.07) is 0. The molecular weight excluding hydrogens is 170 g/mol. The summed E-state index contributed by atoms with van der Waals surface area (Å²) in [6.07, 6.45) is 1.36. The van der Waals surface area contributed by atoms with Crippen molar-refractivity contribution >= 4 is 27.4 Å². The van der Waals surface area contributed by atoms with Gasteiger partial charge < -0.3 is 0 Å². The normalized spacial score (nSPS) is 11.1. The van der Waals surface area contributed by atoms with Crippen LogP contribution in [0.1, 0.15) is 13.3 Å². The molecule has 0 heterocycles. The first-order chi connectivity index (χ1) is 3.41. The van der Waals surface area contributed by atoms with Gasteiger partial charge in [-0.25, -0.2) is 0 Å². The Hall–Kier alpha value is 0.848. The van der Waals surface area contributed by atoms with Crippen LogP contribution in [0.15, 0.2) is 0 Å². The minimum absolute atomic E-state index is 0.382. The Kier molecular flexibility index (Phi) is 7.68. The van der Waals surface area contributed by atoms with E-state index < -0.39 is 0 Å². The fourth-order valence-electron chi connectivity index (χ4n) is 0.369. The van der Waals surface area contributed by atoms with Crippen LogP contribution in [0.5, 0.6) is 0 Å². The zero-order chi connectivity index (χ0) is 5.54. The Morgan fingerprint density at radius 1 is 1.43 bits per heavy atom. The summed E-state index contributed by atoms with van der Waals surface area (Å²) in [4.78, 5) is 0. The van der Waals surface area contributed by atoms with Gasteiger partial charge >= 0.3 is 57.0 Å². The maximum absolute atomic E-state index is 5.47. The second-order valence-corrected chi connectivity index (χ2v) is 4.96. The Morgan fingerprint density at radius 3 is 2.57 bits per heavy atom. The van der Waals surface area contributed by atoms with Crippen molar-refractivity contribution in [1.29, 1.82) is 0 Å². The van der Waals surface area contributed by atoms with Gasteiger partial charge in [-0.1, -0.05) is 0 Å². The van der Waals surface area contributed by atoms with Gasteiger partial charge in [0, 0.05) is 0 Å². The predicted octanol–water partition coefficient (Wildman–Crippen LogP) is 1.91. The van der Waals surface area contributed by atoms with Crippen molar-refractivity contribution in [2.45, 2.75) is 23.8 Å². The zero-order valence-corrected chi connectivity index (χ0v) is 7.56. The molecule has 0 radical (unpaired) electrons. The van der Waals surface area contributed by atoms with Crippen LogP contribution in [0, 0.1) is 0 Å². The molecule has 44 valence electrons. The van der Waals surface area contributed by atoms with E-state index >= 15 is 0 Å². The van der Waals surface area contributed by atoms with Gasteiger partial charge in [0.15, 0.2) is 0 Å². The molecule has 1 unspecified atom stereocenters. The number of hydrogen-bond donors (Lipinski definition) is 0. The van der Waals surface area contributed by atoms with E-state index in [1.165, 1.54) is 16.8 Å². The van der Waals surface area contributed by atoms with Crippen LogP contribution < -0.4 is 0 Å². The summed E-state index contributed by atoms with van der Waals surface area (Å²) in [6.45, 7) is 2.23. The predicted molar refractivity (Wildman–Crippen MR) is 37.8 cm³/mol. The molecule has 0 amide bonds. The number of rotatable bonds is 4. The van der Waals surface area contributed by atoms with E-state index in [1.54, 1.807) is 0 Å². The molecule has 0 fully saturated rings. The van der Waals surface area contributed by atoms with Gasteiger partial charge in [0.2, 0.25) is 0 Å². The van der Waals surface area contributed by atoms with E-state index in [9.17, 15) is 0 Å². The first-order valence-electron chi connectivity index (χ1n) is 2.68. The van der Waals surface area contributed by atoms with Gasteiger partial charge in [0.1, 0.15) is 0 Å². The Morgan fingerprint density at radius 2 is 2.14 bits per heavy atom. The van der Waals surface area contributed by atoms with E-state index in [4.69, 9.17) is 11.6 Å². The molecule has 0 aliphatic carbocycles. The molecule has 0 aliphatic heterocycles. The standard InChI is InChI=1S/C5H12AsCl/c1-2-3-6-4-5-7/h6H,2-5H2,1H3. The van der Waals surface area contributed by atoms with Gasteiger partial charge in [-0.2, -0.15) is 0 Å². The van der Waals surface area contributed by atoms with Crippen LogP contribution in [-0.4, -0.2) is 21.6 Å². The monoisotopic (exact) mass is 182 g/mol. The quantitative estimate of drug-likeness (QED) is 0.354. The summed E-state index contributed by atoms with van der Waals surface area (Å²) in [7, 11) is 0. The third kappa shape index (κ3) is 6.85. The van der Waals surface area contributed by atoms with Crippen LogP contribution >= 0.6 is 11.6 Å². The molecule has 2 heteroatoms. The third-order valence-corrected chi connectivity index (χ3v) is 4.61. The first-order valence-corrected chi connectivity index (χ1v) is 6.18. The second-order valence-electron chi connectivity index (χ2n) is 1.44. The second kappa shape index (κ2) is 6.85. The average molecular weight is 183 g/mol. The van der Waals surface area contributed by atoms with Gasteiger partial charge in [-0.15, -0.1) is 0 Å². The molecule has 7 heavy (non-hydrogen) atoms. The van der Waals surface area contributed by atoms with Gasteiger partial charge in [-0.3, -0.25) is 0 Å². The number of alkyl halides is 1. The molecule has 0 saturated carbocycles. The summed E-state index contributed by atoms with van der Waals surface area (Å²) < 4.78 is 0. The van der Waals surface area contributed by atoms with Crippen molar-refractivity contribution in [3.8, 4) is 0 Å². The SMILES string of the molecule is CCC[AsH]CCCl. The summed E-state index contributed by atoms with van der Waals surface area (Å²) in [5, 5.41) is 2.78. The van der Waals surface area contributed by atoms with Crippen LogP contribution in [0.3, 0.4) is 0 Å². The summed E-state index contributed by atoms with van der Waals surface area (Å²) in [5.74, 6) is 0.889. The van der Waals surface area contributed by atoms with E-state index in [2.05, 4.69) is 6.92 Å². The summed E-state index contributed by atoms with van der Waals surface area (Å²) in [5.41, 5.74) is 0. The fourth-order valence-corrected chi connectivity index (χ4v) is 2.61. The zero-order valence-electron chi connectivity index (χ0n) is 4.71. The minimum atomic E-state index is 0.382. The molecule has 0 aromatic heterocycles. The van der Waals surface area contributed by atoms with Crippen LogP contribution in [-0.2, 0) is 0 Å². The van der Waals surface area contributed by atoms with E-state index in [-0.39, 0.29) is 0 Å². The van der Waals surface area contributed by atoms with Crippen molar-refractivity contribution in [2.75, 3.05) is 5.88 Å². The van der Waals surface area contributed by atoms with Crippen molar-refractivity contribution in [1.82, 2.24) is 0 Å². The van der Waals surface area contributed by atoms with Crippen LogP contribution in [0.4, 0.5) is 0 Å². The molecule has 0 aromatic carbocycles.